The maximum atomic E-state index is 10.8. The molecule has 0 aliphatic carbocycles. The first-order valence-corrected chi connectivity index (χ1v) is 5.90. The van der Waals surface area contributed by atoms with Crippen molar-refractivity contribution in [1.82, 2.24) is 0 Å². The van der Waals surface area contributed by atoms with Crippen LogP contribution in [-0.4, -0.2) is 12.0 Å². The minimum absolute atomic E-state index is 0.119. The zero-order valence-corrected chi connectivity index (χ0v) is 10.9. The van der Waals surface area contributed by atoms with E-state index in [2.05, 4.69) is 0 Å². The van der Waals surface area contributed by atoms with Gasteiger partial charge in [0.2, 0.25) is 0 Å². The number of nitrogen functional groups attached to an aromatic ring is 1. The average Bonchev–Trinajstić information content (AvgIpc) is 2.46. The molecule has 104 valence electrons. The molecule has 0 unspecified atom stereocenters. The highest BCUT2D eigenvalue weighted by Crippen LogP contribution is 2.28. The summed E-state index contributed by atoms with van der Waals surface area (Å²) in [6, 6.07) is 11.8. The van der Waals surface area contributed by atoms with Gasteiger partial charge in [-0.2, -0.15) is 0 Å². The van der Waals surface area contributed by atoms with Crippen LogP contribution in [0.4, 0.5) is 11.4 Å². The molecule has 0 spiro atoms. The summed E-state index contributed by atoms with van der Waals surface area (Å²) in [6.45, 7) is 0.196. The highest BCUT2D eigenvalue weighted by Gasteiger charge is 2.12. The number of anilines is 1. The lowest BCUT2D eigenvalue weighted by molar-refractivity contribution is -0.384. The Morgan fingerprint density at radius 3 is 2.55 bits per heavy atom. The van der Waals surface area contributed by atoms with E-state index in [4.69, 9.17) is 15.2 Å². The summed E-state index contributed by atoms with van der Waals surface area (Å²) in [5.41, 5.74) is 6.22. The van der Waals surface area contributed by atoms with Crippen molar-refractivity contribution < 1.29 is 14.4 Å². The molecule has 0 saturated heterocycles. The van der Waals surface area contributed by atoms with E-state index < -0.39 is 4.92 Å². The molecule has 0 bridgehead atoms. The molecule has 0 aliphatic rings. The van der Waals surface area contributed by atoms with Crippen LogP contribution < -0.4 is 15.2 Å². The van der Waals surface area contributed by atoms with Crippen LogP contribution in [-0.2, 0) is 6.61 Å². The predicted octanol–water partition coefficient (Wildman–Crippen LogP) is 2.76. The SMILES string of the molecule is COc1ccccc1OCc1ccc(N)c([N+](=O)[O-])c1. The van der Waals surface area contributed by atoms with E-state index in [0.29, 0.717) is 17.1 Å². The van der Waals surface area contributed by atoms with Crippen molar-refractivity contribution in [2.24, 2.45) is 0 Å². The number of benzene rings is 2. The number of nitro groups is 1. The largest absolute Gasteiger partial charge is 0.493 e. The van der Waals surface area contributed by atoms with E-state index in [9.17, 15) is 10.1 Å². The first kappa shape index (κ1) is 13.7. The third-order valence-electron chi connectivity index (χ3n) is 2.75. The predicted molar refractivity (Wildman–Crippen MR) is 74.8 cm³/mol. The van der Waals surface area contributed by atoms with Crippen LogP contribution in [0.2, 0.25) is 0 Å². The van der Waals surface area contributed by atoms with Crippen LogP contribution in [0.15, 0.2) is 42.5 Å². The molecular weight excluding hydrogens is 260 g/mol. The molecule has 2 aromatic carbocycles. The van der Waals surface area contributed by atoms with Gasteiger partial charge in [-0.1, -0.05) is 18.2 Å². The van der Waals surface area contributed by atoms with Crippen LogP contribution in [0, 0.1) is 10.1 Å². The van der Waals surface area contributed by atoms with Gasteiger partial charge in [-0.25, -0.2) is 0 Å². The number of hydrogen-bond donors (Lipinski definition) is 1. The maximum Gasteiger partial charge on any atom is 0.292 e. The van der Waals surface area contributed by atoms with Crippen LogP contribution in [0.5, 0.6) is 11.5 Å². The third-order valence-corrected chi connectivity index (χ3v) is 2.75. The summed E-state index contributed by atoms with van der Waals surface area (Å²) in [5, 5.41) is 10.8. The van der Waals surface area contributed by atoms with Crippen molar-refractivity contribution in [2.75, 3.05) is 12.8 Å². The van der Waals surface area contributed by atoms with Crippen LogP contribution in [0.25, 0.3) is 0 Å². The number of nitrogens with zero attached hydrogens (tertiary/aromatic N) is 1. The molecule has 6 nitrogen and oxygen atoms in total. The van der Waals surface area contributed by atoms with Gasteiger partial charge in [0.05, 0.1) is 12.0 Å². The molecule has 6 heteroatoms. The number of rotatable bonds is 5. The van der Waals surface area contributed by atoms with Gasteiger partial charge in [0.15, 0.2) is 11.5 Å². The van der Waals surface area contributed by atoms with Crippen molar-refractivity contribution in [3.05, 3.63) is 58.1 Å². The second kappa shape index (κ2) is 5.92. The lowest BCUT2D eigenvalue weighted by Gasteiger charge is -2.10. The zero-order valence-electron chi connectivity index (χ0n) is 10.9. The molecule has 0 heterocycles. The molecule has 0 atom stereocenters. The zero-order chi connectivity index (χ0) is 14.5. The van der Waals surface area contributed by atoms with Crippen molar-refractivity contribution in [2.45, 2.75) is 6.61 Å². The second-order valence-corrected chi connectivity index (χ2v) is 4.09. The van der Waals surface area contributed by atoms with E-state index in [1.54, 1.807) is 25.3 Å². The molecule has 0 radical (unpaired) electrons. The summed E-state index contributed by atoms with van der Waals surface area (Å²) in [7, 11) is 1.55. The Kier molecular flexibility index (Phi) is 4.05. The van der Waals surface area contributed by atoms with Gasteiger partial charge in [-0.15, -0.1) is 0 Å². The van der Waals surface area contributed by atoms with Gasteiger partial charge in [0.25, 0.3) is 5.69 Å². The lowest BCUT2D eigenvalue weighted by atomic mass is 10.2. The molecule has 0 amide bonds. The standard InChI is InChI=1S/C14H14N2O4/c1-19-13-4-2-3-5-14(13)20-9-10-6-7-11(15)12(8-10)16(17)18/h2-8H,9,15H2,1H3. The average molecular weight is 274 g/mol. The number of para-hydroxylation sites is 2. The van der Waals surface area contributed by atoms with Crippen LogP contribution in [0.1, 0.15) is 5.56 Å². The summed E-state index contributed by atoms with van der Waals surface area (Å²) >= 11 is 0. The van der Waals surface area contributed by atoms with Crippen molar-refractivity contribution in [1.29, 1.82) is 0 Å². The quantitative estimate of drug-likeness (QED) is 0.514. The minimum atomic E-state index is -0.512. The van der Waals surface area contributed by atoms with E-state index >= 15 is 0 Å². The second-order valence-electron chi connectivity index (χ2n) is 4.09. The number of hydrogen-bond acceptors (Lipinski definition) is 5. The molecule has 0 fully saturated rings. The molecule has 2 N–H and O–H groups in total. The fourth-order valence-corrected chi connectivity index (χ4v) is 1.74. The van der Waals surface area contributed by atoms with Gasteiger partial charge in [0.1, 0.15) is 12.3 Å². The number of nitro benzene ring substituents is 1. The fraction of sp³-hybridized carbons (Fsp3) is 0.143. The number of methoxy groups -OCH3 is 1. The number of nitrogens with two attached hydrogens (primary N) is 1. The highest BCUT2D eigenvalue weighted by atomic mass is 16.6. The molecule has 2 rings (SSSR count). The maximum absolute atomic E-state index is 10.8. The van der Waals surface area contributed by atoms with E-state index in [-0.39, 0.29) is 18.0 Å². The van der Waals surface area contributed by atoms with Crippen LogP contribution in [0.3, 0.4) is 0 Å². The first-order chi connectivity index (χ1) is 9.61. The summed E-state index contributed by atoms with van der Waals surface area (Å²) in [6.07, 6.45) is 0. The molecular formula is C14H14N2O4. The van der Waals surface area contributed by atoms with Crippen molar-refractivity contribution in [3.63, 3.8) is 0 Å². The summed E-state index contributed by atoms with van der Waals surface area (Å²) in [4.78, 5) is 10.3. The van der Waals surface area contributed by atoms with Gasteiger partial charge in [-0.05, 0) is 23.8 Å². The minimum Gasteiger partial charge on any atom is -0.493 e. The van der Waals surface area contributed by atoms with Gasteiger partial charge in [-0.3, -0.25) is 10.1 Å². The molecule has 20 heavy (non-hydrogen) atoms. The van der Waals surface area contributed by atoms with E-state index in [1.807, 2.05) is 12.1 Å². The Labute approximate surface area is 115 Å². The summed E-state index contributed by atoms with van der Waals surface area (Å²) in [5.74, 6) is 1.19. The molecule has 0 saturated carbocycles. The molecule has 2 aromatic rings. The van der Waals surface area contributed by atoms with Crippen LogP contribution >= 0.6 is 0 Å². The van der Waals surface area contributed by atoms with E-state index in [1.165, 1.54) is 12.1 Å². The first-order valence-electron chi connectivity index (χ1n) is 5.90. The Morgan fingerprint density at radius 2 is 1.90 bits per heavy atom. The Balaban J connectivity index is 2.15. The molecule has 0 aromatic heterocycles. The monoisotopic (exact) mass is 274 g/mol. The fourth-order valence-electron chi connectivity index (χ4n) is 1.74. The topological polar surface area (TPSA) is 87.6 Å². The summed E-state index contributed by atoms with van der Waals surface area (Å²) < 4.78 is 10.8. The lowest BCUT2D eigenvalue weighted by Crippen LogP contribution is -2.00. The van der Waals surface area contributed by atoms with Gasteiger partial charge >= 0.3 is 0 Å². The highest BCUT2D eigenvalue weighted by molar-refractivity contribution is 5.59. The smallest absolute Gasteiger partial charge is 0.292 e. The third kappa shape index (κ3) is 2.97. The van der Waals surface area contributed by atoms with E-state index in [0.717, 1.165) is 0 Å². The number of ether oxygens (including phenoxy) is 2. The molecule has 0 aliphatic heterocycles. The van der Waals surface area contributed by atoms with Gasteiger partial charge < -0.3 is 15.2 Å². The van der Waals surface area contributed by atoms with Gasteiger partial charge in [0, 0.05) is 6.07 Å². The Hall–Kier alpha value is -2.76. The van der Waals surface area contributed by atoms with Crippen molar-refractivity contribution >= 4 is 11.4 Å². The Bertz CT molecular complexity index is 628. The Morgan fingerprint density at radius 1 is 1.20 bits per heavy atom. The normalized spacial score (nSPS) is 10.1. The van der Waals surface area contributed by atoms with Crippen molar-refractivity contribution in [3.8, 4) is 11.5 Å².